The molecule has 1 aliphatic heterocycles. The Bertz CT molecular complexity index is 549. The fourth-order valence-corrected chi connectivity index (χ4v) is 4.64. The molecule has 1 unspecified atom stereocenters. The van der Waals surface area contributed by atoms with Gasteiger partial charge < -0.3 is 14.5 Å². The third-order valence-electron chi connectivity index (χ3n) is 6.32. The quantitative estimate of drug-likeness (QED) is 0.677. The third kappa shape index (κ3) is 5.23. The second kappa shape index (κ2) is 9.75. The SMILES string of the molecule is COc1cccc2c1CCCC2CCCN1CCN(CCC(C)C)CC1. The average molecular weight is 359 g/mol. The van der Waals surface area contributed by atoms with Crippen LogP contribution in [0.2, 0.25) is 0 Å². The van der Waals surface area contributed by atoms with Gasteiger partial charge in [-0.3, -0.25) is 0 Å². The molecule has 3 nitrogen and oxygen atoms in total. The number of hydrogen-bond acceptors (Lipinski definition) is 3. The van der Waals surface area contributed by atoms with E-state index in [0.717, 1.165) is 17.6 Å². The molecule has 3 heteroatoms. The predicted octanol–water partition coefficient (Wildman–Crippen LogP) is 4.56. The Morgan fingerprint density at radius 3 is 2.50 bits per heavy atom. The smallest absolute Gasteiger partial charge is 0.122 e. The lowest BCUT2D eigenvalue weighted by Gasteiger charge is -2.35. The van der Waals surface area contributed by atoms with Crippen LogP contribution < -0.4 is 4.74 Å². The third-order valence-corrected chi connectivity index (χ3v) is 6.32. The van der Waals surface area contributed by atoms with Crippen LogP contribution in [0.15, 0.2) is 18.2 Å². The van der Waals surface area contributed by atoms with Crippen LogP contribution in [0.4, 0.5) is 0 Å². The minimum atomic E-state index is 0.737. The molecule has 1 saturated heterocycles. The Labute approximate surface area is 160 Å². The van der Waals surface area contributed by atoms with E-state index in [4.69, 9.17) is 4.74 Å². The fourth-order valence-electron chi connectivity index (χ4n) is 4.64. The first-order chi connectivity index (χ1) is 12.7. The molecule has 1 atom stereocenters. The van der Waals surface area contributed by atoms with Crippen LogP contribution in [0, 0.1) is 5.92 Å². The maximum atomic E-state index is 5.59. The standard InChI is InChI=1S/C23H38N2O/c1-19(2)12-14-25-17-15-24(16-18-25)13-6-8-20-7-4-10-22-21(20)9-5-11-23(22)26-3/h5,9,11,19-20H,4,6-8,10,12-18H2,1-3H3. The summed E-state index contributed by atoms with van der Waals surface area (Å²) in [4.78, 5) is 5.33. The first kappa shape index (κ1) is 19.7. The molecular weight excluding hydrogens is 320 g/mol. The maximum Gasteiger partial charge on any atom is 0.122 e. The van der Waals surface area contributed by atoms with E-state index in [2.05, 4.69) is 41.8 Å². The molecule has 1 heterocycles. The second-order valence-corrected chi connectivity index (χ2v) is 8.63. The molecule has 0 N–H and O–H groups in total. The lowest BCUT2D eigenvalue weighted by atomic mass is 9.80. The molecule has 2 aliphatic rings. The number of nitrogens with zero attached hydrogens (tertiary/aromatic N) is 2. The van der Waals surface area contributed by atoms with Crippen molar-refractivity contribution in [1.29, 1.82) is 0 Å². The summed E-state index contributed by atoms with van der Waals surface area (Å²) >= 11 is 0. The number of ether oxygens (including phenoxy) is 1. The van der Waals surface area contributed by atoms with Crippen molar-refractivity contribution in [3.05, 3.63) is 29.3 Å². The number of benzene rings is 1. The summed E-state index contributed by atoms with van der Waals surface area (Å²) in [5, 5.41) is 0. The van der Waals surface area contributed by atoms with Crippen LogP contribution in [-0.4, -0.2) is 56.2 Å². The molecule has 0 bridgehead atoms. The van der Waals surface area contributed by atoms with Gasteiger partial charge in [-0.2, -0.15) is 0 Å². The van der Waals surface area contributed by atoms with Crippen molar-refractivity contribution >= 4 is 0 Å². The van der Waals surface area contributed by atoms with E-state index in [9.17, 15) is 0 Å². The first-order valence-corrected chi connectivity index (χ1v) is 10.8. The summed E-state index contributed by atoms with van der Waals surface area (Å²) in [5.41, 5.74) is 3.04. The van der Waals surface area contributed by atoms with Crippen LogP contribution >= 0.6 is 0 Å². The van der Waals surface area contributed by atoms with Gasteiger partial charge >= 0.3 is 0 Å². The summed E-state index contributed by atoms with van der Waals surface area (Å²) in [6, 6.07) is 6.64. The maximum absolute atomic E-state index is 5.59. The Kier molecular flexibility index (Phi) is 7.39. The number of hydrogen-bond donors (Lipinski definition) is 0. The highest BCUT2D eigenvalue weighted by molar-refractivity contribution is 5.43. The Balaban J connectivity index is 1.41. The summed E-state index contributed by atoms with van der Waals surface area (Å²) in [5.74, 6) is 2.66. The minimum Gasteiger partial charge on any atom is -0.496 e. The molecule has 1 aromatic rings. The number of rotatable bonds is 8. The minimum absolute atomic E-state index is 0.737. The van der Waals surface area contributed by atoms with E-state index >= 15 is 0 Å². The van der Waals surface area contributed by atoms with Crippen molar-refractivity contribution in [3.8, 4) is 5.75 Å². The van der Waals surface area contributed by atoms with Crippen LogP contribution in [-0.2, 0) is 6.42 Å². The zero-order chi connectivity index (χ0) is 18.4. The molecule has 0 saturated carbocycles. The number of methoxy groups -OCH3 is 1. The molecule has 146 valence electrons. The monoisotopic (exact) mass is 358 g/mol. The highest BCUT2D eigenvalue weighted by Gasteiger charge is 2.23. The van der Waals surface area contributed by atoms with Gasteiger partial charge in [0.15, 0.2) is 0 Å². The van der Waals surface area contributed by atoms with E-state index in [1.54, 1.807) is 12.7 Å². The van der Waals surface area contributed by atoms with Crippen molar-refractivity contribution in [2.24, 2.45) is 5.92 Å². The van der Waals surface area contributed by atoms with Crippen LogP contribution in [0.1, 0.15) is 63.0 Å². The van der Waals surface area contributed by atoms with Crippen molar-refractivity contribution in [3.63, 3.8) is 0 Å². The van der Waals surface area contributed by atoms with E-state index in [1.807, 2.05) is 0 Å². The van der Waals surface area contributed by atoms with Gasteiger partial charge in [-0.15, -0.1) is 0 Å². The first-order valence-electron chi connectivity index (χ1n) is 10.8. The van der Waals surface area contributed by atoms with Gasteiger partial charge in [0.2, 0.25) is 0 Å². The molecule has 1 fully saturated rings. The van der Waals surface area contributed by atoms with Gasteiger partial charge in [0.1, 0.15) is 5.75 Å². The largest absolute Gasteiger partial charge is 0.496 e. The summed E-state index contributed by atoms with van der Waals surface area (Å²) < 4.78 is 5.59. The van der Waals surface area contributed by atoms with E-state index < -0.39 is 0 Å². The predicted molar refractivity (Wildman–Crippen MR) is 110 cm³/mol. The van der Waals surface area contributed by atoms with Crippen molar-refractivity contribution in [2.75, 3.05) is 46.4 Å². The summed E-state index contributed by atoms with van der Waals surface area (Å²) in [6.45, 7) is 12.2. The van der Waals surface area contributed by atoms with Gasteiger partial charge in [-0.05, 0) is 80.6 Å². The summed E-state index contributed by atoms with van der Waals surface area (Å²) in [7, 11) is 1.81. The highest BCUT2D eigenvalue weighted by Crippen LogP contribution is 2.38. The molecule has 1 aliphatic carbocycles. The Morgan fingerprint density at radius 1 is 1.08 bits per heavy atom. The summed E-state index contributed by atoms with van der Waals surface area (Å²) in [6.07, 6.45) is 7.84. The van der Waals surface area contributed by atoms with Crippen LogP contribution in [0.25, 0.3) is 0 Å². The van der Waals surface area contributed by atoms with Crippen molar-refractivity contribution < 1.29 is 4.74 Å². The molecule has 0 spiro atoms. The van der Waals surface area contributed by atoms with Crippen LogP contribution in [0.3, 0.4) is 0 Å². The van der Waals surface area contributed by atoms with Gasteiger partial charge in [-0.1, -0.05) is 26.0 Å². The Hall–Kier alpha value is -1.06. The molecule has 0 radical (unpaired) electrons. The highest BCUT2D eigenvalue weighted by atomic mass is 16.5. The lowest BCUT2D eigenvalue weighted by Crippen LogP contribution is -2.46. The topological polar surface area (TPSA) is 15.7 Å². The Morgan fingerprint density at radius 2 is 1.81 bits per heavy atom. The van der Waals surface area contributed by atoms with Gasteiger partial charge in [0.25, 0.3) is 0 Å². The van der Waals surface area contributed by atoms with E-state index in [1.165, 1.54) is 83.4 Å². The normalized spacial score (nSPS) is 21.8. The molecule has 26 heavy (non-hydrogen) atoms. The molecule has 1 aromatic carbocycles. The van der Waals surface area contributed by atoms with Gasteiger partial charge in [0, 0.05) is 26.2 Å². The van der Waals surface area contributed by atoms with Gasteiger partial charge in [0.05, 0.1) is 7.11 Å². The number of piperazine rings is 1. The van der Waals surface area contributed by atoms with Crippen LogP contribution in [0.5, 0.6) is 5.75 Å². The average Bonchev–Trinajstić information content (AvgIpc) is 2.67. The zero-order valence-corrected chi connectivity index (χ0v) is 17.2. The molecular formula is C23H38N2O. The van der Waals surface area contributed by atoms with E-state index in [0.29, 0.717) is 0 Å². The van der Waals surface area contributed by atoms with Crippen molar-refractivity contribution in [1.82, 2.24) is 9.80 Å². The molecule has 3 rings (SSSR count). The van der Waals surface area contributed by atoms with Gasteiger partial charge in [-0.25, -0.2) is 0 Å². The molecule has 0 aromatic heterocycles. The number of fused-ring (bicyclic) bond motifs is 1. The second-order valence-electron chi connectivity index (χ2n) is 8.63. The molecule has 0 amide bonds. The fraction of sp³-hybridized carbons (Fsp3) is 0.739. The zero-order valence-electron chi connectivity index (χ0n) is 17.2. The van der Waals surface area contributed by atoms with Crippen molar-refractivity contribution in [2.45, 2.75) is 58.3 Å². The lowest BCUT2D eigenvalue weighted by molar-refractivity contribution is 0.126. The van der Waals surface area contributed by atoms with E-state index in [-0.39, 0.29) is 0 Å².